The Labute approximate surface area is 97.2 Å². The van der Waals surface area contributed by atoms with E-state index in [0.29, 0.717) is 6.54 Å². The van der Waals surface area contributed by atoms with Gasteiger partial charge in [-0.1, -0.05) is 27.2 Å². The Morgan fingerprint density at radius 3 is 2.44 bits per heavy atom. The fraction of sp³-hybridized carbons (Fsp3) is 0.833. The van der Waals surface area contributed by atoms with Gasteiger partial charge in [0.15, 0.2) is 5.78 Å². The first-order chi connectivity index (χ1) is 7.32. The Hall–Kier alpha value is -0.900. The van der Waals surface area contributed by atoms with Crippen LogP contribution in [0.15, 0.2) is 0 Å². The number of Topliss-reactive ketones (excluding diaryl/α,β-unsaturated/α-hetero) is 1. The van der Waals surface area contributed by atoms with E-state index in [1.165, 1.54) is 0 Å². The number of nitrogens with two attached hydrogens (primary N) is 1. The number of amides is 1. The summed E-state index contributed by atoms with van der Waals surface area (Å²) in [5, 5.41) is 0. The highest BCUT2D eigenvalue weighted by atomic mass is 16.1. The molecule has 1 fully saturated rings. The van der Waals surface area contributed by atoms with Crippen molar-refractivity contribution in [2.75, 3.05) is 13.1 Å². The molecule has 4 nitrogen and oxygen atoms in total. The van der Waals surface area contributed by atoms with Crippen molar-refractivity contribution in [3.8, 4) is 0 Å². The summed E-state index contributed by atoms with van der Waals surface area (Å²) in [5.74, 6) is -0.137. The van der Waals surface area contributed by atoms with Crippen molar-refractivity contribution in [1.82, 2.24) is 4.90 Å². The maximum absolute atomic E-state index is 11.9. The quantitative estimate of drug-likeness (QED) is 0.779. The van der Waals surface area contributed by atoms with Crippen LogP contribution in [0, 0.1) is 5.41 Å². The molecule has 1 amide bonds. The van der Waals surface area contributed by atoms with Crippen LogP contribution in [-0.4, -0.2) is 35.7 Å². The molecule has 92 valence electrons. The average Bonchev–Trinajstić information content (AvgIpc) is 2.16. The average molecular weight is 226 g/mol. The lowest BCUT2D eigenvalue weighted by atomic mass is 9.89. The Balaban J connectivity index is 2.63. The van der Waals surface area contributed by atoms with Crippen LogP contribution >= 0.6 is 0 Å². The zero-order chi connectivity index (χ0) is 12.3. The van der Waals surface area contributed by atoms with Gasteiger partial charge in [-0.05, 0) is 19.4 Å². The van der Waals surface area contributed by atoms with Crippen molar-refractivity contribution in [2.24, 2.45) is 11.1 Å². The Bertz CT molecular complexity index is 281. The van der Waals surface area contributed by atoms with E-state index >= 15 is 0 Å². The summed E-state index contributed by atoms with van der Waals surface area (Å²) in [6.07, 6.45) is 2.85. The second-order valence-electron chi connectivity index (χ2n) is 5.56. The van der Waals surface area contributed by atoms with E-state index in [-0.39, 0.29) is 23.1 Å². The topological polar surface area (TPSA) is 63.4 Å². The SMILES string of the molecule is CC(C)(C)C(=O)CN1CCCCC1C(N)=O. The van der Waals surface area contributed by atoms with Gasteiger partial charge in [-0.2, -0.15) is 0 Å². The van der Waals surface area contributed by atoms with Crippen molar-refractivity contribution in [1.29, 1.82) is 0 Å². The van der Waals surface area contributed by atoms with E-state index in [1.807, 2.05) is 25.7 Å². The van der Waals surface area contributed by atoms with Crippen LogP contribution in [0.5, 0.6) is 0 Å². The molecule has 2 N–H and O–H groups in total. The molecular weight excluding hydrogens is 204 g/mol. The minimum atomic E-state index is -0.348. The summed E-state index contributed by atoms with van der Waals surface area (Å²) in [6.45, 7) is 6.85. The number of carbonyl (C=O) groups is 2. The molecule has 0 saturated carbocycles. The molecule has 0 aromatic carbocycles. The van der Waals surface area contributed by atoms with E-state index < -0.39 is 0 Å². The lowest BCUT2D eigenvalue weighted by Crippen LogP contribution is -2.50. The minimum absolute atomic E-state index is 0.167. The molecule has 0 bridgehead atoms. The summed E-state index contributed by atoms with van der Waals surface area (Å²) in [7, 11) is 0. The molecule has 4 heteroatoms. The van der Waals surface area contributed by atoms with E-state index in [2.05, 4.69) is 0 Å². The summed E-state index contributed by atoms with van der Waals surface area (Å²) < 4.78 is 0. The number of piperidine rings is 1. The van der Waals surface area contributed by atoms with E-state index in [1.54, 1.807) is 0 Å². The third-order valence-corrected chi connectivity index (χ3v) is 3.13. The number of primary amides is 1. The number of rotatable bonds is 3. The van der Waals surface area contributed by atoms with Gasteiger partial charge < -0.3 is 5.73 Å². The standard InChI is InChI=1S/C12H22N2O2/c1-12(2,3)10(15)8-14-7-5-4-6-9(14)11(13)16/h9H,4-8H2,1-3H3,(H2,13,16). The van der Waals surface area contributed by atoms with Crippen LogP contribution < -0.4 is 5.73 Å². The third kappa shape index (κ3) is 3.30. The molecule has 0 spiro atoms. The molecule has 0 aliphatic carbocycles. The van der Waals surface area contributed by atoms with E-state index in [4.69, 9.17) is 5.73 Å². The van der Waals surface area contributed by atoms with E-state index in [9.17, 15) is 9.59 Å². The molecule has 1 saturated heterocycles. The number of nitrogens with zero attached hydrogens (tertiary/aromatic N) is 1. The van der Waals surface area contributed by atoms with Crippen LogP contribution in [-0.2, 0) is 9.59 Å². The van der Waals surface area contributed by atoms with Crippen LogP contribution in [0.4, 0.5) is 0 Å². The summed E-state index contributed by atoms with van der Waals surface area (Å²) in [4.78, 5) is 25.1. The highest BCUT2D eigenvalue weighted by molar-refractivity contribution is 5.87. The maximum Gasteiger partial charge on any atom is 0.234 e. The van der Waals surface area contributed by atoms with Gasteiger partial charge in [-0.3, -0.25) is 14.5 Å². The highest BCUT2D eigenvalue weighted by Crippen LogP contribution is 2.20. The smallest absolute Gasteiger partial charge is 0.234 e. The fourth-order valence-corrected chi connectivity index (χ4v) is 1.92. The zero-order valence-corrected chi connectivity index (χ0v) is 10.5. The van der Waals surface area contributed by atoms with Gasteiger partial charge in [0.1, 0.15) is 0 Å². The van der Waals surface area contributed by atoms with Gasteiger partial charge in [-0.15, -0.1) is 0 Å². The molecule has 1 aliphatic rings. The molecule has 0 aromatic heterocycles. The second-order valence-corrected chi connectivity index (χ2v) is 5.56. The molecule has 16 heavy (non-hydrogen) atoms. The van der Waals surface area contributed by atoms with Crippen molar-refractivity contribution >= 4 is 11.7 Å². The minimum Gasteiger partial charge on any atom is -0.368 e. The number of likely N-dealkylation sites (tertiary alicyclic amines) is 1. The number of hydrogen-bond acceptors (Lipinski definition) is 3. The lowest BCUT2D eigenvalue weighted by Gasteiger charge is -2.34. The fourth-order valence-electron chi connectivity index (χ4n) is 1.92. The first-order valence-corrected chi connectivity index (χ1v) is 5.89. The monoisotopic (exact) mass is 226 g/mol. The van der Waals surface area contributed by atoms with Gasteiger partial charge in [0, 0.05) is 5.41 Å². The van der Waals surface area contributed by atoms with Crippen molar-refractivity contribution in [2.45, 2.75) is 46.1 Å². The first kappa shape index (κ1) is 13.2. The van der Waals surface area contributed by atoms with Crippen molar-refractivity contribution in [3.63, 3.8) is 0 Å². The Morgan fingerprint density at radius 2 is 1.94 bits per heavy atom. The number of hydrogen-bond donors (Lipinski definition) is 1. The Morgan fingerprint density at radius 1 is 1.31 bits per heavy atom. The number of ketones is 1. The maximum atomic E-state index is 11.9. The van der Waals surface area contributed by atoms with Crippen LogP contribution in [0.1, 0.15) is 40.0 Å². The highest BCUT2D eigenvalue weighted by Gasteiger charge is 2.31. The lowest BCUT2D eigenvalue weighted by molar-refractivity contribution is -0.131. The molecule has 1 aliphatic heterocycles. The summed E-state index contributed by atoms with van der Waals surface area (Å²) in [5.41, 5.74) is 5.00. The predicted molar refractivity (Wildman–Crippen MR) is 62.9 cm³/mol. The normalized spacial score (nSPS) is 23.1. The van der Waals surface area contributed by atoms with Gasteiger partial charge in [0.25, 0.3) is 0 Å². The predicted octanol–water partition coefficient (Wildman–Crippen LogP) is 0.941. The zero-order valence-electron chi connectivity index (χ0n) is 10.5. The molecule has 0 radical (unpaired) electrons. The Kier molecular flexibility index (Phi) is 4.08. The van der Waals surface area contributed by atoms with Gasteiger partial charge in [0.2, 0.25) is 5.91 Å². The molecule has 1 unspecified atom stereocenters. The molecule has 0 aromatic rings. The molecular formula is C12H22N2O2. The van der Waals surface area contributed by atoms with Crippen LogP contribution in [0.3, 0.4) is 0 Å². The van der Waals surface area contributed by atoms with Gasteiger partial charge in [-0.25, -0.2) is 0 Å². The van der Waals surface area contributed by atoms with Crippen molar-refractivity contribution < 1.29 is 9.59 Å². The second kappa shape index (κ2) is 4.95. The molecule has 1 heterocycles. The van der Waals surface area contributed by atoms with Crippen molar-refractivity contribution in [3.05, 3.63) is 0 Å². The molecule has 1 rings (SSSR count). The molecule has 1 atom stereocenters. The summed E-state index contributed by atoms with van der Waals surface area (Å²) >= 11 is 0. The van der Waals surface area contributed by atoms with Crippen LogP contribution in [0.25, 0.3) is 0 Å². The van der Waals surface area contributed by atoms with Gasteiger partial charge >= 0.3 is 0 Å². The third-order valence-electron chi connectivity index (χ3n) is 3.13. The summed E-state index contributed by atoms with van der Waals surface area (Å²) in [6, 6.07) is -0.250. The first-order valence-electron chi connectivity index (χ1n) is 5.89. The van der Waals surface area contributed by atoms with Gasteiger partial charge in [0.05, 0.1) is 12.6 Å². The number of carbonyl (C=O) groups excluding carboxylic acids is 2. The van der Waals surface area contributed by atoms with Crippen LogP contribution in [0.2, 0.25) is 0 Å². The largest absolute Gasteiger partial charge is 0.368 e. The van der Waals surface area contributed by atoms with E-state index in [0.717, 1.165) is 25.8 Å².